The fraction of sp³-hybridized carbons (Fsp3) is 0.0833. The average molecular weight is 402 g/mol. The largest absolute Gasteiger partial charge is 0.384 e. The topological polar surface area (TPSA) is 69.6 Å². The zero-order chi connectivity index (χ0) is 21.1. The molecule has 3 aromatic rings. The molecular weight excluding hydrogens is 383 g/mol. The van der Waals surface area contributed by atoms with E-state index in [1.54, 1.807) is 42.5 Å². The molecule has 0 bridgehead atoms. The SMILES string of the molecule is O=C(C(=Cc1ccc(F)cc1)c1ccccc1)N(O)C(=O)c1cccc2c1CCN2. The van der Waals surface area contributed by atoms with Gasteiger partial charge in [-0.15, -0.1) is 5.06 Å². The minimum absolute atomic E-state index is 0.115. The van der Waals surface area contributed by atoms with Crippen LogP contribution in [0.4, 0.5) is 10.1 Å². The molecule has 150 valence electrons. The molecule has 0 saturated carbocycles. The highest BCUT2D eigenvalue weighted by atomic mass is 19.1. The number of carbonyl (C=O) groups excluding carboxylic acids is 2. The highest BCUT2D eigenvalue weighted by Crippen LogP contribution is 2.27. The fourth-order valence-corrected chi connectivity index (χ4v) is 3.48. The Morgan fingerprint density at radius 3 is 2.43 bits per heavy atom. The summed E-state index contributed by atoms with van der Waals surface area (Å²) in [5.41, 5.74) is 3.09. The van der Waals surface area contributed by atoms with Crippen molar-refractivity contribution >= 4 is 29.2 Å². The quantitative estimate of drug-likeness (QED) is 0.294. The molecule has 2 N–H and O–H groups in total. The summed E-state index contributed by atoms with van der Waals surface area (Å²) in [4.78, 5) is 26.1. The van der Waals surface area contributed by atoms with Crippen molar-refractivity contribution in [2.75, 3.05) is 11.9 Å². The van der Waals surface area contributed by atoms with E-state index < -0.39 is 17.6 Å². The molecule has 1 heterocycles. The van der Waals surface area contributed by atoms with E-state index >= 15 is 0 Å². The number of nitrogens with zero attached hydrogens (tertiary/aromatic N) is 1. The van der Waals surface area contributed by atoms with Crippen LogP contribution in [0.2, 0.25) is 0 Å². The summed E-state index contributed by atoms with van der Waals surface area (Å²) < 4.78 is 13.3. The van der Waals surface area contributed by atoms with Crippen molar-refractivity contribution in [2.24, 2.45) is 0 Å². The summed E-state index contributed by atoms with van der Waals surface area (Å²) >= 11 is 0. The molecule has 0 radical (unpaired) electrons. The first-order chi connectivity index (χ1) is 14.5. The molecule has 5 nitrogen and oxygen atoms in total. The van der Waals surface area contributed by atoms with Crippen molar-refractivity contribution < 1.29 is 19.2 Å². The van der Waals surface area contributed by atoms with Crippen LogP contribution in [0.5, 0.6) is 0 Å². The second-order valence-electron chi connectivity index (χ2n) is 6.91. The van der Waals surface area contributed by atoms with Crippen LogP contribution in [0.1, 0.15) is 27.0 Å². The van der Waals surface area contributed by atoms with Gasteiger partial charge >= 0.3 is 0 Å². The van der Waals surface area contributed by atoms with Gasteiger partial charge in [-0.1, -0.05) is 48.5 Å². The summed E-state index contributed by atoms with van der Waals surface area (Å²) in [6.07, 6.45) is 2.15. The molecule has 0 spiro atoms. The number of halogens is 1. The molecule has 3 aromatic carbocycles. The summed E-state index contributed by atoms with van der Waals surface area (Å²) in [6, 6.07) is 19.5. The normalized spacial score (nSPS) is 12.8. The first kappa shape index (κ1) is 19.5. The third-order valence-electron chi connectivity index (χ3n) is 4.98. The van der Waals surface area contributed by atoms with E-state index in [0.717, 1.165) is 11.3 Å². The van der Waals surface area contributed by atoms with Gasteiger partial charge in [0.2, 0.25) is 0 Å². The maximum Gasteiger partial charge on any atom is 0.285 e. The Labute approximate surface area is 173 Å². The monoisotopic (exact) mass is 402 g/mol. The van der Waals surface area contributed by atoms with Gasteiger partial charge in [0.25, 0.3) is 11.8 Å². The van der Waals surface area contributed by atoms with Crippen molar-refractivity contribution in [3.05, 3.63) is 101 Å². The van der Waals surface area contributed by atoms with Gasteiger partial charge < -0.3 is 5.32 Å². The van der Waals surface area contributed by atoms with Crippen molar-refractivity contribution in [1.82, 2.24) is 5.06 Å². The number of hydroxylamine groups is 2. The molecule has 0 aromatic heterocycles. The smallest absolute Gasteiger partial charge is 0.285 e. The molecule has 1 aliphatic heterocycles. The lowest BCUT2D eigenvalue weighted by Crippen LogP contribution is -2.35. The molecule has 30 heavy (non-hydrogen) atoms. The van der Waals surface area contributed by atoms with E-state index in [0.29, 0.717) is 24.1 Å². The van der Waals surface area contributed by atoms with Crippen LogP contribution in [-0.2, 0) is 11.2 Å². The molecule has 0 unspecified atom stereocenters. The molecule has 0 saturated heterocycles. The highest BCUT2D eigenvalue weighted by molar-refractivity contribution is 6.28. The lowest BCUT2D eigenvalue weighted by atomic mass is 10.0. The maximum absolute atomic E-state index is 13.3. The van der Waals surface area contributed by atoms with Crippen LogP contribution >= 0.6 is 0 Å². The van der Waals surface area contributed by atoms with E-state index in [2.05, 4.69) is 5.32 Å². The Morgan fingerprint density at radius 2 is 1.70 bits per heavy atom. The van der Waals surface area contributed by atoms with Gasteiger partial charge in [-0.25, -0.2) is 4.39 Å². The predicted octanol–water partition coefficient (Wildman–Crippen LogP) is 4.39. The number of benzene rings is 3. The number of carbonyl (C=O) groups is 2. The van der Waals surface area contributed by atoms with Gasteiger partial charge in [0.05, 0.1) is 5.57 Å². The minimum atomic E-state index is -0.862. The second kappa shape index (κ2) is 8.31. The zero-order valence-electron chi connectivity index (χ0n) is 16.0. The van der Waals surface area contributed by atoms with Crippen molar-refractivity contribution in [2.45, 2.75) is 6.42 Å². The summed E-state index contributed by atoms with van der Waals surface area (Å²) in [5.74, 6) is -2.05. The van der Waals surface area contributed by atoms with E-state index in [1.165, 1.54) is 30.3 Å². The number of amides is 2. The summed E-state index contributed by atoms with van der Waals surface area (Å²) in [6.45, 7) is 0.693. The second-order valence-corrected chi connectivity index (χ2v) is 6.91. The number of anilines is 1. The van der Waals surface area contributed by atoms with Gasteiger partial charge in [0.1, 0.15) is 5.82 Å². The average Bonchev–Trinajstić information content (AvgIpc) is 3.27. The zero-order valence-corrected chi connectivity index (χ0v) is 16.0. The fourth-order valence-electron chi connectivity index (χ4n) is 3.48. The number of hydrogen-bond acceptors (Lipinski definition) is 4. The van der Waals surface area contributed by atoms with Crippen LogP contribution in [0.25, 0.3) is 11.6 Å². The number of rotatable bonds is 4. The van der Waals surface area contributed by atoms with E-state index in [9.17, 15) is 19.2 Å². The first-order valence-electron chi connectivity index (χ1n) is 9.50. The molecule has 2 amide bonds. The standard InChI is InChI=1S/C24H19FN2O3/c25-18-11-9-16(10-12-18)15-21(17-5-2-1-3-6-17)24(29)27(30)23(28)20-7-4-8-22-19(20)13-14-26-22/h1-12,15,26,30H,13-14H2. The molecule has 0 fully saturated rings. The number of fused-ring (bicyclic) bond motifs is 1. The Balaban J connectivity index is 1.70. The molecule has 0 aliphatic carbocycles. The maximum atomic E-state index is 13.3. The van der Waals surface area contributed by atoms with Crippen molar-refractivity contribution in [1.29, 1.82) is 0 Å². The Hall–Kier alpha value is -3.77. The molecule has 1 aliphatic rings. The molecule has 4 rings (SSSR count). The Morgan fingerprint density at radius 1 is 0.967 bits per heavy atom. The van der Waals surface area contributed by atoms with Crippen molar-refractivity contribution in [3.63, 3.8) is 0 Å². The van der Waals surface area contributed by atoms with Gasteiger partial charge in [0.15, 0.2) is 0 Å². The van der Waals surface area contributed by atoms with Gasteiger partial charge in [-0.05, 0) is 53.5 Å². The highest BCUT2D eigenvalue weighted by Gasteiger charge is 2.28. The van der Waals surface area contributed by atoms with Gasteiger partial charge in [-0.3, -0.25) is 14.8 Å². The Bertz CT molecular complexity index is 1120. The molecule has 6 heteroatoms. The third kappa shape index (κ3) is 3.86. The van der Waals surface area contributed by atoms with Crippen LogP contribution < -0.4 is 5.32 Å². The van der Waals surface area contributed by atoms with E-state index in [4.69, 9.17) is 0 Å². The lowest BCUT2D eigenvalue weighted by molar-refractivity contribution is -0.146. The lowest BCUT2D eigenvalue weighted by Gasteiger charge is -2.17. The molecular formula is C24H19FN2O3. The van der Waals surface area contributed by atoms with E-state index in [1.807, 2.05) is 6.07 Å². The minimum Gasteiger partial charge on any atom is -0.384 e. The third-order valence-corrected chi connectivity index (χ3v) is 4.98. The van der Waals surface area contributed by atoms with Gasteiger partial charge in [-0.2, -0.15) is 0 Å². The predicted molar refractivity (Wildman–Crippen MR) is 112 cm³/mol. The van der Waals surface area contributed by atoms with Crippen molar-refractivity contribution in [3.8, 4) is 0 Å². The first-order valence-corrected chi connectivity index (χ1v) is 9.50. The van der Waals surface area contributed by atoms with Crippen LogP contribution in [0.3, 0.4) is 0 Å². The summed E-state index contributed by atoms with van der Waals surface area (Å²) in [7, 11) is 0. The molecule has 0 atom stereocenters. The van der Waals surface area contributed by atoms with E-state index in [-0.39, 0.29) is 16.2 Å². The number of nitrogens with one attached hydrogen (secondary N) is 1. The summed E-state index contributed by atoms with van der Waals surface area (Å²) in [5, 5.41) is 13.9. The number of imide groups is 1. The van der Waals surface area contributed by atoms with Crippen LogP contribution in [0.15, 0.2) is 72.8 Å². The van der Waals surface area contributed by atoms with Crippen LogP contribution in [0, 0.1) is 5.82 Å². The number of hydrogen-bond donors (Lipinski definition) is 2. The Kier molecular flexibility index (Phi) is 5.41. The van der Waals surface area contributed by atoms with Crippen LogP contribution in [-0.4, -0.2) is 28.6 Å². The van der Waals surface area contributed by atoms with Gasteiger partial charge in [0, 0.05) is 17.8 Å².